The molecule has 0 aliphatic carbocycles. The van der Waals surface area contributed by atoms with Gasteiger partial charge in [-0.25, -0.2) is 0 Å². The minimum absolute atomic E-state index is 0.0615. The summed E-state index contributed by atoms with van der Waals surface area (Å²) in [5.74, 6) is 0.667. The van der Waals surface area contributed by atoms with E-state index in [9.17, 15) is 5.11 Å². The van der Waals surface area contributed by atoms with Gasteiger partial charge in [-0.3, -0.25) is 0 Å². The topological polar surface area (TPSA) is 65.3 Å². The number of nitriles is 1. The first-order chi connectivity index (χ1) is 9.63. The third-order valence-electron chi connectivity index (χ3n) is 2.83. The van der Waals surface area contributed by atoms with E-state index in [2.05, 4.69) is 11.4 Å². The minimum Gasteiger partial charge on any atom is -0.506 e. The first-order valence-corrected chi connectivity index (χ1v) is 6.31. The molecule has 2 aromatic rings. The number of nitrogens with one attached hydrogen (secondary N) is 1. The first-order valence-electron chi connectivity index (χ1n) is 5.93. The van der Waals surface area contributed by atoms with Crippen LogP contribution in [0.4, 0.5) is 5.69 Å². The lowest BCUT2D eigenvalue weighted by atomic mass is 10.2. The molecule has 2 N–H and O–H groups in total. The molecule has 0 heterocycles. The number of ether oxygens (including phenoxy) is 1. The Kier molecular flexibility index (Phi) is 4.34. The smallest absolute Gasteiger partial charge is 0.143 e. The third-order valence-corrected chi connectivity index (χ3v) is 3.13. The van der Waals surface area contributed by atoms with E-state index in [1.54, 1.807) is 43.5 Å². The monoisotopic (exact) mass is 288 g/mol. The molecule has 0 unspecified atom stereocenters. The molecule has 5 heteroatoms. The van der Waals surface area contributed by atoms with Crippen LogP contribution in [0.15, 0.2) is 36.4 Å². The van der Waals surface area contributed by atoms with E-state index >= 15 is 0 Å². The van der Waals surface area contributed by atoms with E-state index in [1.165, 1.54) is 0 Å². The second-order valence-corrected chi connectivity index (χ2v) is 4.57. The van der Waals surface area contributed by atoms with Crippen LogP contribution in [0.25, 0.3) is 0 Å². The number of nitrogens with zero attached hydrogens (tertiary/aromatic N) is 1. The quantitative estimate of drug-likeness (QED) is 0.903. The Bertz CT molecular complexity index is 665. The van der Waals surface area contributed by atoms with Crippen molar-refractivity contribution in [3.8, 4) is 17.6 Å². The second-order valence-electron chi connectivity index (χ2n) is 4.17. The highest BCUT2D eigenvalue weighted by molar-refractivity contribution is 6.32. The molecule has 0 spiro atoms. The molecule has 2 rings (SSSR count). The maximum absolute atomic E-state index is 9.37. The average molecular weight is 289 g/mol. The Morgan fingerprint density at radius 2 is 2.10 bits per heavy atom. The summed E-state index contributed by atoms with van der Waals surface area (Å²) in [5.41, 5.74) is 2.26. The highest BCUT2D eigenvalue weighted by atomic mass is 35.5. The van der Waals surface area contributed by atoms with Gasteiger partial charge < -0.3 is 15.2 Å². The number of phenols is 1. The van der Waals surface area contributed by atoms with Crippen molar-refractivity contribution in [2.75, 3.05) is 12.4 Å². The Labute approximate surface area is 122 Å². The van der Waals surface area contributed by atoms with Gasteiger partial charge in [-0.05, 0) is 29.8 Å². The molecule has 0 saturated heterocycles. The van der Waals surface area contributed by atoms with Gasteiger partial charge in [0.15, 0.2) is 0 Å². The largest absolute Gasteiger partial charge is 0.506 e. The van der Waals surface area contributed by atoms with E-state index in [0.29, 0.717) is 22.9 Å². The zero-order valence-electron chi connectivity index (χ0n) is 10.9. The van der Waals surface area contributed by atoms with Crippen molar-refractivity contribution in [1.29, 1.82) is 5.26 Å². The fourth-order valence-electron chi connectivity index (χ4n) is 1.76. The van der Waals surface area contributed by atoms with Crippen LogP contribution in [0.1, 0.15) is 11.1 Å². The molecule has 0 radical (unpaired) electrons. The predicted octanol–water partition coefficient (Wildman–Crippen LogP) is 3.54. The summed E-state index contributed by atoms with van der Waals surface area (Å²) in [6, 6.07) is 12.3. The van der Waals surface area contributed by atoms with Crippen molar-refractivity contribution in [3.63, 3.8) is 0 Å². The molecule has 0 bridgehead atoms. The second kappa shape index (κ2) is 6.18. The van der Waals surface area contributed by atoms with Crippen LogP contribution in [0.3, 0.4) is 0 Å². The molecule has 0 aliphatic rings. The van der Waals surface area contributed by atoms with Crippen LogP contribution in [0.5, 0.6) is 11.5 Å². The van der Waals surface area contributed by atoms with E-state index in [-0.39, 0.29) is 5.75 Å². The molecule has 102 valence electrons. The third kappa shape index (κ3) is 3.14. The van der Waals surface area contributed by atoms with Crippen molar-refractivity contribution < 1.29 is 9.84 Å². The number of benzene rings is 2. The highest BCUT2D eigenvalue weighted by Crippen LogP contribution is 2.27. The highest BCUT2D eigenvalue weighted by Gasteiger charge is 2.05. The van der Waals surface area contributed by atoms with Gasteiger partial charge in [0.1, 0.15) is 11.5 Å². The van der Waals surface area contributed by atoms with Crippen molar-refractivity contribution in [1.82, 2.24) is 0 Å². The van der Waals surface area contributed by atoms with Gasteiger partial charge >= 0.3 is 0 Å². The van der Waals surface area contributed by atoms with Gasteiger partial charge in [0.05, 0.1) is 29.5 Å². The maximum atomic E-state index is 9.37. The van der Waals surface area contributed by atoms with Crippen molar-refractivity contribution in [2.24, 2.45) is 0 Å². The van der Waals surface area contributed by atoms with Crippen LogP contribution >= 0.6 is 11.6 Å². The number of aromatic hydroxyl groups is 1. The minimum atomic E-state index is 0.0615. The molecule has 0 saturated carbocycles. The summed E-state index contributed by atoms with van der Waals surface area (Å²) in [6.45, 7) is 0.530. The molecule has 0 amide bonds. The van der Waals surface area contributed by atoms with Gasteiger partial charge in [0.2, 0.25) is 0 Å². The number of hydrogen-bond acceptors (Lipinski definition) is 4. The Hall–Kier alpha value is -2.38. The maximum Gasteiger partial charge on any atom is 0.143 e. The summed E-state index contributed by atoms with van der Waals surface area (Å²) in [7, 11) is 1.55. The number of halogens is 1. The zero-order chi connectivity index (χ0) is 14.5. The fraction of sp³-hybridized carbons (Fsp3) is 0.133. The first kappa shape index (κ1) is 14.0. The lowest BCUT2D eigenvalue weighted by molar-refractivity contribution is 0.416. The Morgan fingerprint density at radius 1 is 1.30 bits per heavy atom. The van der Waals surface area contributed by atoms with Gasteiger partial charge in [0.25, 0.3) is 0 Å². The number of hydrogen-bond donors (Lipinski definition) is 2. The molecule has 0 atom stereocenters. The molecule has 0 aromatic heterocycles. The van der Waals surface area contributed by atoms with E-state index < -0.39 is 0 Å². The molecule has 2 aromatic carbocycles. The summed E-state index contributed by atoms with van der Waals surface area (Å²) in [4.78, 5) is 0. The summed E-state index contributed by atoms with van der Waals surface area (Å²) < 4.78 is 5.24. The number of anilines is 1. The lowest BCUT2D eigenvalue weighted by Gasteiger charge is -2.11. The molecule has 20 heavy (non-hydrogen) atoms. The van der Waals surface area contributed by atoms with Gasteiger partial charge in [0, 0.05) is 12.6 Å². The fourth-order valence-corrected chi connectivity index (χ4v) is 1.97. The van der Waals surface area contributed by atoms with Crippen LogP contribution in [0, 0.1) is 11.3 Å². The summed E-state index contributed by atoms with van der Waals surface area (Å²) >= 11 is 5.86. The average Bonchev–Trinajstić information content (AvgIpc) is 2.48. The zero-order valence-corrected chi connectivity index (χ0v) is 11.6. The van der Waals surface area contributed by atoms with E-state index in [4.69, 9.17) is 21.6 Å². The molecular weight excluding hydrogens is 276 g/mol. The molecule has 4 nitrogen and oxygen atoms in total. The van der Waals surface area contributed by atoms with Crippen molar-refractivity contribution >= 4 is 17.3 Å². The summed E-state index contributed by atoms with van der Waals surface area (Å²) in [6.07, 6.45) is 0. The van der Waals surface area contributed by atoms with Crippen molar-refractivity contribution in [2.45, 2.75) is 6.54 Å². The van der Waals surface area contributed by atoms with E-state index in [1.807, 2.05) is 0 Å². The number of methoxy groups -OCH3 is 1. The predicted molar refractivity (Wildman–Crippen MR) is 78.2 cm³/mol. The van der Waals surface area contributed by atoms with E-state index in [0.717, 1.165) is 11.3 Å². The molecule has 0 fully saturated rings. The van der Waals surface area contributed by atoms with Crippen LogP contribution in [-0.2, 0) is 6.54 Å². The normalized spacial score (nSPS) is 9.85. The van der Waals surface area contributed by atoms with Gasteiger partial charge in [-0.1, -0.05) is 17.7 Å². The SMILES string of the molecule is COc1cc(C#N)ccc1NCc1ccc(O)c(Cl)c1. The summed E-state index contributed by atoms with van der Waals surface area (Å²) in [5, 5.41) is 21.7. The Balaban J connectivity index is 2.14. The lowest BCUT2D eigenvalue weighted by Crippen LogP contribution is -2.01. The molecular formula is C15H13ClN2O2. The Morgan fingerprint density at radius 3 is 2.75 bits per heavy atom. The van der Waals surface area contributed by atoms with Crippen LogP contribution < -0.4 is 10.1 Å². The van der Waals surface area contributed by atoms with Crippen molar-refractivity contribution in [3.05, 3.63) is 52.5 Å². The molecule has 0 aliphatic heterocycles. The number of rotatable bonds is 4. The number of phenolic OH excluding ortho intramolecular Hbond substituents is 1. The van der Waals surface area contributed by atoms with Crippen LogP contribution in [-0.4, -0.2) is 12.2 Å². The standard InChI is InChI=1S/C15H13ClN2O2/c1-20-15-7-10(8-17)2-4-13(15)18-9-11-3-5-14(19)12(16)6-11/h2-7,18-19H,9H2,1H3. The van der Waals surface area contributed by atoms with Crippen LogP contribution in [0.2, 0.25) is 5.02 Å². The van der Waals surface area contributed by atoms with Gasteiger partial charge in [-0.15, -0.1) is 0 Å². The van der Waals surface area contributed by atoms with Gasteiger partial charge in [-0.2, -0.15) is 5.26 Å².